The monoisotopic (exact) mass is 753 g/mol. The van der Waals surface area contributed by atoms with Crippen molar-refractivity contribution in [1.29, 1.82) is 0 Å². The minimum atomic E-state index is -0.909. The average molecular weight is 753 g/mol. The summed E-state index contributed by atoms with van der Waals surface area (Å²) in [6.45, 7) is 8.38. The molecule has 3 aliphatic carbocycles. The molecule has 0 aromatic rings. The van der Waals surface area contributed by atoms with E-state index in [1.54, 1.807) is 0 Å². The Balaban J connectivity index is 0.783. The minimum absolute atomic E-state index is 0.0909. The van der Waals surface area contributed by atoms with Crippen LogP contribution >= 0.6 is 0 Å². The Morgan fingerprint density at radius 2 is 1.48 bits per heavy atom. The van der Waals surface area contributed by atoms with Crippen LogP contribution in [-0.2, 0) is 23.9 Å². The Labute approximate surface area is 322 Å². The van der Waals surface area contributed by atoms with Crippen molar-refractivity contribution in [3.8, 4) is 0 Å². The minimum Gasteiger partial charge on any atom is -0.393 e. The third-order valence-electron chi connectivity index (χ3n) is 14.2. The first-order chi connectivity index (χ1) is 26.3. The van der Waals surface area contributed by atoms with E-state index in [9.17, 15) is 24.3 Å². The molecule has 4 amide bonds. The van der Waals surface area contributed by atoms with Gasteiger partial charge in [0.1, 0.15) is 18.4 Å². The summed E-state index contributed by atoms with van der Waals surface area (Å²) in [5.74, 6) is 0.0382. The van der Waals surface area contributed by atoms with E-state index >= 15 is 0 Å². The molecule has 302 valence electrons. The van der Waals surface area contributed by atoms with Gasteiger partial charge in [0.2, 0.25) is 23.6 Å². The summed E-state index contributed by atoms with van der Waals surface area (Å²) in [5, 5.41) is 19.3. The zero-order chi connectivity index (χ0) is 37.6. The van der Waals surface area contributed by atoms with Crippen LogP contribution in [0.4, 0.5) is 0 Å². The molecule has 0 aromatic carbocycles. The maximum atomic E-state index is 13.3. The molecule has 7 rings (SSSR count). The van der Waals surface area contributed by atoms with Gasteiger partial charge in [-0.3, -0.25) is 44.9 Å². The number of ether oxygens (including phenoxy) is 1. The van der Waals surface area contributed by atoms with Gasteiger partial charge < -0.3 is 14.7 Å². The van der Waals surface area contributed by atoms with Crippen LogP contribution in [0.5, 0.6) is 0 Å². The van der Waals surface area contributed by atoms with Gasteiger partial charge in [0.15, 0.2) is 0 Å². The van der Waals surface area contributed by atoms with Crippen LogP contribution in [0.15, 0.2) is 11.1 Å². The number of nitrogens with one attached hydrogen (secondary N) is 3. The Hall–Kier alpha value is -2.22. The molecule has 3 saturated carbocycles. The van der Waals surface area contributed by atoms with Gasteiger partial charge in [0, 0.05) is 45.8 Å². The third-order valence-corrected chi connectivity index (χ3v) is 14.2. The smallest absolute Gasteiger partial charge is 0.249 e. The predicted octanol–water partition coefficient (Wildman–Crippen LogP) is 3.82. The normalized spacial score (nSPS) is 35.6. The van der Waals surface area contributed by atoms with E-state index in [1.807, 2.05) is 11.1 Å². The topological polar surface area (TPSA) is 144 Å². The molecular weight excluding hydrogens is 684 g/mol. The maximum absolute atomic E-state index is 13.3. The number of carbonyl (C=O) groups is 4. The van der Waals surface area contributed by atoms with Crippen molar-refractivity contribution in [2.45, 2.75) is 160 Å². The van der Waals surface area contributed by atoms with Gasteiger partial charge >= 0.3 is 0 Å². The molecule has 4 aliphatic heterocycles. The lowest BCUT2D eigenvalue weighted by molar-refractivity contribution is -0.151. The highest BCUT2D eigenvalue weighted by atomic mass is 16.5. The fraction of sp³-hybridized carbons (Fsp3) is 0.857. The van der Waals surface area contributed by atoms with Crippen LogP contribution < -0.4 is 16.0 Å². The summed E-state index contributed by atoms with van der Waals surface area (Å²) in [6, 6.07) is -1.57. The number of aliphatic hydroxyl groups excluding tert-OH is 1. The average Bonchev–Trinajstić information content (AvgIpc) is 3.44. The molecule has 4 heterocycles. The summed E-state index contributed by atoms with van der Waals surface area (Å²) in [4.78, 5) is 56.4. The first kappa shape index (κ1) is 40.0. The first-order valence-electron chi connectivity index (χ1n) is 22.0. The van der Waals surface area contributed by atoms with Crippen LogP contribution in [0.3, 0.4) is 0 Å². The Morgan fingerprint density at radius 1 is 0.778 bits per heavy atom. The van der Waals surface area contributed by atoms with Crippen LogP contribution in [-0.4, -0.2) is 120 Å². The number of allylic oxidation sites excluding steroid dienone is 2. The number of carbonyl (C=O) groups excluding carboxylic acids is 4. The zero-order valence-corrected chi connectivity index (χ0v) is 32.9. The molecule has 0 radical (unpaired) electrons. The van der Waals surface area contributed by atoms with Gasteiger partial charge in [-0.15, -0.1) is 0 Å². The molecular formula is C42H68N6O6. The summed E-state index contributed by atoms with van der Waals surface area (Å²) < 4.78 is 6.48. The van der Waals surface area contributed by atoms with Crippen molar-refractivity contribution in [2.24, 2.45) is 23.7 Å². The maximum Gasteiger partial charge on any atom is 0.249 e. The van der Waals surface area contributed by atoms with Crippen LogP contribution in [0.1, 0.15) is 129 Å². The first-order valence-corrected chi connectivity index (χ1v) is 22.0. The second-order valence-electron chi connectivity index (χ2n) is 17.5. The van der Waals surface area contributed by atoms with Crippen molar-refractivity contribution >= 4 is 23.6 Å². The van der Waals surface area contributed by atoms with E-state index in [0.717, 1.165) is 75.8 Å². The number of likely N-dealkylation sites (tertiary alicyclic amines) is 1. The van der Waals surface area contributed by atoms with Crippen molar-refractivity contribution in [3.05, 3.63) is 11.1 Å². The van der Waals surface area contributed by atoms with E-state index in [4.69, 9.17) is 4.74 Å². The molecule has 12 heteroatoms. The molecule has 7 aliphatic rings. The fourth-order valence-electron chi connectivity index (χ4n) is 11.2. The largest absolute Gasteiger partial charge is 0.393 e. The lowest BCUT2D eigenvalue weighted by Crippen LogP contribution is -2.68. The van der Waals surface area contributed by atoms with Gasteiger partial charge in [-0.2, -0.15) is 0 Å². The van der Waals surface area contributed by atoms with Crippen molar-refractivity contribution in [2.75, 3.05) is 45.9 Å². The summed E-state index contributed by atoms with van der Waals surface area (Å²) in [7, 11) is 0. The summed E-state index contributed by atoms with van der Waals surface area (Å²) >= 11 is 0. The summed E-state index contributed by atoms with van der Waals surface area (Å²) in [5.41, 5.74) is 3.66. The number of nitrogens with zero attached hydrogens (tertiary/aromatic N) is 3. The number of unbranched alkanes of at least 4 members (excludes halogenated alkanes) is 2. The molecule has 4 N–H and O–H groups in total. The van der Waals surface area contributed by atoms with Crippen molar-refractivity contribution in [3.63, 3.8) is 0 Å². The zero-order valence-electron chi connectivity index (χ0n) is 32.9. The SMILES string of the molecule is CC/C(=C(\C1CCC(O)CC1)C1CCC(OCCCCCN2CCN(C3NCC4C(=O)N(C5CCC(=O)NC5=O)C(=O)C4N3)CC2)CC1)C1CCCCC1. The second kappa shape index (κ2) is 18.8. The predicted molar refractivity (Wildman–Crippen MR) is 206 cm³/mol. The number of hydrogen-bond donors (Lipinski definition) is 4. The lowest BCUT2D eigenvalue weighted by atomic mass is 9.68. The molecule has 4 saturated heterocycles. The number of hydrogen-bond acceptors (Lipinski definition) is 10. The number of piperazine rings is 1. The van der Waals surface area contributed by atoms with E-state index in [1.165, 1.54) is 83.5 Å². The van der Waals surface area contributed by atoms with E-state index < -0.39 is 23.9 Å². The van der Waals surface area contributed by atoms with Crippen LogP contribution in [0.25, 0.3) is 0 Å². The highest BCUT2D eigenvalue weighted by Crippen LogP contribution is 2.46. The Morgan fingerprint density at radius 3 is 2.17 bits per heavy atom. The number of piperidine rings is 1. The third kappa shape index (κ3) is 9.31. The van der Waals surface area contributed by atoms with E-state index in [0.29, 0.717) is 24.5 Å². The van der Waals surface area contributed by atoms with Gasteiger partial charge in [-0.1, -0.05) is 37.3 Å². The van der Waals surface area contributed by atoms with E-state index in [-0.39, 0.29) is 43.0 Å². The van der Waals surface area contributed by atoms with E-state index in [2.05, 4.69) is 32.7 Å². The summed E-state index contributed by atoms with van der Waals surface area (Å²) in [6.07, 6.45) is 21.2. The van der Waals surface area contributed by atoms with Crippen LogP contribution in [0, 0.1) is 23.7 Å². The molecule has 0 spiro atoms. The number of rotatable bonds is 13. The van der Waals surface area contributed by atoms with Crippen LogP contribution in [0.2, 0.25) is 0 Å². The highest BCUT2D eigenvalue weighted by Gasteiger charge is 2.54. The molecule has 0 bridgehead atoms. The molecule has 4 atom stereocenters. The molecule has 4 unspecified atom stereocenters. The highest BCUT2D eigenvalue weighted by molar-refractivity contribution is 6.12. The van der Waals surface area contributed by atoms with Crippen molar-refractivity contribution in [1.82, 2.24) is 30.7 Å². The standard InChI is InChI=1S/C42H68N6O6/c1-2-33(28-9-5-3-6-10-28)37(29-11-15-31(49)16-12-29)30-13-17-32(18-14-30)54-26-8-4-7-21-46-22-24-47(25-23-46)42-43-27-34-38(45-42)41(53)48(40(34)52)35-19-20-36(50)44-39(35)51/h28-32,34-35,38,42-43,45,49H,2-27H2,1H3,(H,44,50,51)/b37-33-. The van der Waals surface area contributed by atoms with Gasteiger partial charge in [0.25, 0.3) is 0 Å². The molecule has 54 heavy (non-hydrogen) atoms. The molecule has 0 aromatic heterocycles. The Kier molecular flexibility index (Phi) is 13.9. The fourth-order valence-corrected chi connectivity index (χ4v) is 11.2. The number of amides is 4. The lowest BCUT2D eigenvalue weighted by Gasteiger charge is -2.43. The second-order valence-corrected chi connectivity index (χ2v) is 17.5. The Bertz CT molecular complexity index is 1340. The molecule has 12 nitrogen and oxygen atoms in total. The van der Waals surface area contributed by atoms with Gasteiger partial charge in [-0.05, 0) is 121 Å². The number of imide groups is 2. The van der Waals surface area contributed by atoms with Crippen molar-refractivity contribution < 1.29 is 29.0 Å². The quantitative estimate of drug-likeness (QED) is 0.125. The van der Waals surface area contributed by atoms with Gasteiger partial charge in [-0.25, -0.2) is 0 Å². The molecule has 7 fully saturated rings. The number of fused-ring (bicyclic) bond motifs is 1. The number of aliphatic hydroxyl groups is 1. The van der Waals surface area contributed by atoms with Gasteiger partial charge in [0.05, 0.1) is 18.1 Å².